The summed E-state index contributed by atoms with van der Waals surface area (Å²) in [4.78, 5) is 49.7. The molecule has 1 aliphatic rings. The first-order valence-electron chi connectivity index (χ1n) is 10.7. The Morgan fingerprint density at radius 3 is 2.31 bits per heavy atom. The normalized spacial score (nSPS) is 13.7. The van der Waals surface area contributed by atoms with Crippen LogP contribution in [0.5, 0.6) is 0 Å². The van der Waals surface area contributed by atoms with E-state index >= 15 is 0 Å². The number of carbonyl (C=O) groups is 2. The molecule has 0 radical (unpaired) electrons. The van der Waals surface area contributed by atoms with E-state index in [1.165, 1.54) is 18.3 Å². The Morgan fingerprint density at radius 2 is 1.75 bits per heavy atom. The van der Waals surface area contributed by atoms with Gasteiger partial charge in [-0.25, -0.2) is 4.98 Å². The number of carbonyl (C=O) groups excluding carboxylic acids is 2. The highest BCUT2D eigenvalue weighted by Gasteiger charge is 2.23. The maximum absolute atomic E-state index is 12.8. The van der Waals surface area contributed by atoms with Gasteiger partial charge in [0.15, 0.2) is 0 Å². The number of aryl methyl sites for hydroxylation is 1. The third kappa shape index (κ3) is 5.77. The van der Waals surface area contributed by atoms with E-state index in [1.807, 2.05) is 18.7 Å². The Balaban J connectivity index is 1.51. The molecular weight excluding hydrogens is 412 g/mol. The maximum Gasteiger partial charge on any atom is 0.274 e. The molecule has 32 heavy (non-hydrogen) atoms. The van der Waals surface area contributed by atoms with Crippen LogP contribution in [0, 0.1) is 17.0 Å². The fourth-order valence-electron chi connectivity index (χ4n) is 3.64. The number of non-ortho nitro benzene ring substituents is 1. The van der Waals surface area contributed by atoms with Crippen LogP contribution in [0.4, 0.5) is 11.4 Å². The lowest BCUT2D eigenvalue weighted by Gasteiger charge is -2.36. The summed E-state index contributed by atoms with van der Waals surface area (Å²) in [7, 11) is 0. The molecule has 0 aliphatic carbocycles. The largest absolute Gasteiger partial charge is 0.368 e. The third-order valence-electron chi connectivity index (χ3n) is 5.43. The van der Waals surface area contributed by atoms with E-state index in [2.05, 4.69) is 14.9 Å². The summed E-state index contributed by atoms with van der Waals surface area (Å²) in [6, 6.07) is 6.45. The van der Waals surface area contributed by atoms with E-state index in [4.69, 9.17) is 0 Å². The molecule has 1 aromatic carbocycles. The summed E-state index contributed by atoms with van der Waals surface area (Å²) in [5, 5.41) is 10.8. The Bertz CT molecular complexity index is 940. The van der Waals surface area contributed by atoms with Crippen LogP contribution in [0.15, 0.2) is 36.7 Å². The Kier molecular flexibility index (Phi) is 7.69. The van der Waals surface area contributed by atoms with Gasteiger partial charge in [0.25, 0.3) is 11.6 Å². The van der Waals surface area contributed by atoms with E-state index in [-0.39, 0.29) is 29.6 Å². The van der Waals surface area contributed by atoms with Gasteiger partial charge in [0, 0.05) is 69.7 Å². The predicted molar refractivity (Wildman–Crippen MR) is 119 cm³/mol. The summed E-state index contributed by atoms with van der Waals surface area (Å²) in [5.41, 5.74) is 1.99. The first-order valence-corrected chi connectivity index (χ1v) is 10.7. The maximum atomic E-state index is 12.8. The van der Waals surface area contributed by atoms with Crippen molar-refractivity contribution >= 4 is 23.2 Å². The van der Waals surface area contributed by atoms with Gasteiger partial charge in [0.05, 0.1) is 16.8 Å². The van der Waals surface area contributed by atoms with Crippen molar-refractivity contribution in [1.82, 2.24) is 19.8 Å². The SMILES string of the molecule is CCCN(CCC(=O)N1CCN(c2ccc([N+](=O)[O-])cc2)CC1)C(=O)c1cnc(C)cn1. The number of nitro benzene ring substituents is 1. The summed E-state index contributed by atoms with van der Waals surface area (Å²) in [5.74, 6) is -0.201. The van der Waals surface area contributed by atoms with Crippen LogP contribution in [0.3, 0.4) is 0 Å². The van der Waals surface area contributed by atoms with Crippen LogP contribution in [-0.2, 0) is 4.79 Å². The monoisotopic (exact) mass is 440 g/mol. The second-order valence-corrected chi connectivity index (χ2v) is 7.73. The van der Waals surface area contributed by atoms with E-state index in [9.17, 15) is 19.7 Å². The minimum atomic E-state index is -0.418. The molecule has 0 atom stereocenters. The molecule has 1 saturated heterocycles. The molecule has 3 rings (SSSR count). The van der Waals surface area contributed by atoms with Crippen LogP contribution in [0.1, 0.15) is 35.9 Å². The van der Waals surface area contributed by atoms with Gasteiger partial charge in [-0.15, -0.1) is 0 Å². The molecular formula is C22H28N6O4. The highest BCUT2D eigenvalue weighted by atomic mass is 16.6. The van der Waals surface area contributed by atoms with Crippen LogP contribution in [0.2, 0.25) is 0 Å². The number of nitro groups is 1. The van der Waals surface area contributed by atoms with Crippen LogP contribution >= 0.6 is 0 Å². The number of anilines is 1. The molecule has 2 heterocycles. The Hall–Kier alpha value is -3.56. The Labute approximate surface area is 187 Å². The molecule has 1 aromatic heterocycles. The van der Waals surface area contributed by atoms with Crippen molar-refractivity contribution in [2.75, 3.05) is 44.2 Å². The highest BCUT2D eigenvalue weighted by molar-refractivity contribution is 5.92. The molecule has 170 valence electrons. The number of amides is 2. The number of aromatic nitrogens is 2. The first kappa shape index (κ1) is 23.1. The molecule has 2 aromatic rings. The summed E-state index contributed by atoms with van der Waals surface area (Å²) in [6.45, 7) is 7.13. The van der Waals surface area contributed by atoms with Crippen molar-refractivity contribution in [2.45, 2.75) is 26.7 Å². The quantitative estimate of drug-likeness (QED) is 0.457. The summed E-state index contributed by atoms with van der Waals surface area (Å²) in [6.07, 6.45) is 4.07. The van der Waals surface area contributed by atoms with Gasteiger partial charge in [-0.3, -0.25) is 24.7 Å². The van der Waals surface area contributed by atoms with Crippen molar-refractivity contribution in [3.63, 3.8) is 0 Å². The molecule has 0 bridgehead atoms. The van der Waals surface area contributed by atoms with Crippen molar-refractivity contribution in [1.29, 1.82) is 0 Å². The third-order valence-corrected chi connectivity index (χ3v) is 5.43. The number of benzene rings is 1. The lowest BCUT2D eigenvalue weighted by Crippen LogP contribution is -2.49. The smallest absolute Gasteiger partial charge is 0.274 e. The zero-order chi connectivity index (χ0) is 23.1. The van der Waals surface area contributed by atoms with Gasteiger partial charge in [0.2, 0.25) is 5.91 Å². The number of nitrogens with zero attached hydrogens (tertiary/aromatic N) is 6. The van der Waals surface area contributed by atoms with E-state index in [0.717, 1.165) is 17.8 Å². The predicted octanol–water partition coefficient (Wildman–Crippen LogP) is 2.28. The fourth-order valence-corrected chi connectivity index (χ4v) is 3.64. The minimum absolute atomic E-state index is 0.0113. The summed E-state index contributed by atoms with van der Waals surface area (Å²) < 4.78 is 0. The average Bonchev–Trinajstić information content (AvgIpc) is 2.81. The molecule has 10 nitrogen and oxygen atoms in total. The van der Waals surface area contributed by atoms with Gasteiger partial charge in [0.1, 0.15) is 5.69 Å². The lowest BCUT2D eigenvalue weighted by molar-refractivity contribution is -0.384. The van der Waals surface area contributed by atoms with Crippen LogP contribution < -0.4 is 4.90 Å². The van der Waals surface area contributed by atoms with E-state index < -0.39 is 4.92 Å². The standard InChI is InChI=1S/C22H28N6O4/c1-3-9-27(22(30)20-16-23-17(2)15-24-20)10-8-21(29)26-13-11-25(12-14-26)18-4-6-19(7-5-18)28(31)32/h4-7,15-16H,3,8-14H2,1-2H3. The molecule has 10 heteroatoms. The van der Waals surface area contributed by atoms with Crippen molar-refractivity contribution in [3.05, 3.63) is 58.2 Å². The number of hydrogen-bond donors (Lipinski definition) is 0. The number of hydrogen-bond acceptors (Lipinski definition) is 7. The van der Waals surface area contributed by atoms with Gasteiger partial charge in [-0.2, -0.15) is 0 Å². The second kappa shape index (κ2) is 10.7. The van der Waals surface area contributed by atoms with Gasteiger partial charge in [-0.1, -0.05) is 6.92 Å². The number of piperazine rings is 1. The molecule has 0 unspecified atom stereocenters. The first-order chi connectivity index (χ1) is 15.4. The second-order valence-electron chi connectivity index (χ2n) is 7.73. The molecule has 1 fully saturated rings. The van der Waals surface area contributed by atoms with E-state index in [1.54, 1.807) is 23.2 Å². The van der Waals surface area contributed by atoms with Gasteiger partial charge < -0.3 is 14.7 Å². The van der Waals surface area contributed by atoms with Crippen molar-refractivity contribution in [2.24, 2.45) is 0 Å². The van der Waals surface area contributed by atoms with Crippen molar-refractivity contribution < 1.29 is 14.5 Å². The molecule has 2 amide bonds. The molecule has 0 N–H and O–H groups in total. The van der Waals surface area contributed by atoms with E-state index in [0.29, 0.717) is 39.3 Å². The zero-order valence-corrected chi connectivity index (χ0v) is 18.4. The van der Waals surface area contributed by atoms with Crippen molar-refractivity contribution in [3.8, 4) is 0 Å². The zero-order valence-electron chi connectivity index (χ0n) is 18.4. The average molecular weight is 441 g/mol. The van der Waals surface area contributed by atoms with Crippen LogP contribution in [-0.4, -0.2) is 75.8 Å². The van der Waals surface area contributed by atoms with Gasteiger partial charge >= 0.3 is 0 Å². The topological polar surface area (TPSA) is 113 Å². The molecule has 0 saturated carbocycles. The highest BCUT2D eigenvalue weighted by Crippen LogP contribution is 2.21. The summed E-state index contributed by atoms with van der Waals surface area (Å²) >= 11 is 0. The lowest BCUT2D eigenvalue weighted by atomic mass is 10.2. The molecule has 0 spiro atoms. The fraction of sp³-hybridized carbons (Fsp3) is 0.455. The van der Waals surface area contributed by atoms with Gasteiger partial charge in [-0.05, 0) is 25.5 Å². The molecule has 1 aliphatic heterocycles. The Morgan fingerprint density at radius 1 is 1.06 bits per heavy atom. The van der Waals surface area contributed by atoms with Crippen LogP contribution in [0.25, 0.3) is 0 Å². The minimum Gasteiger partial charge on any atom is -0.368 e. The number of rotatable bonds is 8.